The molecule has 0 aliphatic heterocycles. The molecule has 0 bridgehead atoms. The van der Waals surface area contributed by atoms with E-state index in [0.717, 1.165) is 4.47 Å². The van der Waals surface area contributed by atoms with Crippen molar-refractivity contribution in [1.29, 1.82) is 0 Å². The van der Waals surface area contributed by atoms with Crippen LogP contribution in [0.3, 0.4) is 0 Å². The van der Waals surface area contributed by atoms with Gasteiger partial charge >= 0.3 is 0 Å². The van der Waals surface area contributed by atoms with Crippen LogP contribution in [0.2, 0.25) is 0 Å². The predicted octanol–water partition coefficient (Wildman–Crippen LogP) is 2.92. The lowest BCUT2D eigenvalue weighted by Gasteiger charge is -2.00. The highest BCUT2D eigenvalue weighted by Crippen LogP contribution is 2.10. The third kappa shape index (κ3) is 3.93. The van der Waals surface area contributed by atoms with Gasteiger partial charge in [0, 0.05) is 10.0 Å². The molecule has 2 aromatic rings. The molecular weight excluding hydrogens is 308 g/mol. The quantitative estimate of drug-likeness (QED) is 0.675. The first kappa shape index (κ1) is 13.3. The third-order valence-electron chi connectivity index (χ3n) is 2.36. The Labute approximate surface area is 118 Å². The lowest BCUT2D eigenvalue weighted by Crippen LogP contribution is -2.17. The van der Waals surface area contributed by atoms with E-state index in [1.165, 1.54) is 6.21 Å². The zero-order valence-corrected chi connectivity index (χ0v) is 11.5. The van der Waals surface area contributed by atoms with Crippen LogP contribution < -0.4 is 5.43 Å². The average molecular weight is 319 g/mol. The fourth-order valence-electron chi connectivity index (χ4n) is 1.44. The van der Waals surface area contributed by atoms with E-state index in [1.54, 1.807) is 48.5 Å². The zero-order valence-electron chi connectivity index (χ0n) is 9.88. The zero-order chi connectivity index (χ0) is 13.7. The SMILES string of the molecule is O=C(N/N=C\c1cccc(O)c1)c1ccc(Br)cc1. The van der Waals surface area contributed by atoms with E-state index in [1.807, 2.05) is 0 Å². The summed E-state index contributed by atoms with van der Waals surface area (Å²) in [6, 6.07) is 13.6. The highest BCUT2D eigenvalue weighted by molar-refractivity contribution is 9.10. The van der Waals surface area contributed by atoms with Gasteiger partial charge in [-0.2, -0.15) is 5.10 Å². The summed E-state index contributed by atoms with van der Waals surface area (Å²) >= 11 is 3.30. The molecule has 0 radical (unpaired) electrons. The van der Waals surface area contributed by atoms with E-state index in [-0.39, 0.29) is 11.7 Å². The first-order valence-corrected chi connectivity index (χ1v) is 6.32. The molecule has 2 N–H and O–H groups in total. The Hall–Kier alpha value is -2.14. The number of phenolic OH excluding ortho intramolecular Hbond substituents is 1. The summed E-state index contributed by atoms with van der Waals surface area (Å²) in [6.07, 6.45) is 1.47. The van der Waals surface area contributed by atoms with Crippen molar-refractivity contribution in [2.24, 2.45) is 5.10 Å². The van der Waals surface area contributed by atoms with E-state index in [4.69, 9.17) is 0 Å². The number of halogens is 1. The molecule has 19 heavy (non-hydrogen) atoms. The smallest absolute Gasteiger partial charge is 0.271 e. The van der Waals surface area contributed by atoms with Crippen LogP contribution in [0.5, 0.6) is 5.75 Å². The molecule has 0 atom stereocenters. The maximum Gasteiger partial charge on any atom is 0.271 e. The maximum atomic E-state index is 11.7. The molecule has 5 heteroatoms. The van der Waals surface area contributed by atoms with E-state index in [9.17, 15) is 9.90 Å². The lowest BCUT2D eigenvalue weighted by molar-refractivity contribution is 0.0955. The Bertz CT molecular complexity index is 609. The van der Waals surface area contributed by atoms with E-state index in [0.29, 0.717) is 11.1 Å². The minimum absolute atomic E-state index is 0.156. The Kier molecular flexibility index (Phi) is 4.30. The van der Waals surface area contributed by atoms with Crippen molar-refractivity contribution < 1.29 is 9.90 Å². The standard InChI is InChI=1S/C14H11BrN2O2/c15-12-6-4-11(5-7-12)14(19)17-16-9-10-2-1-3-13(18)8-10/h1-9,18H,(H,17,19)/b16-9-. The molecule has 0 heterocycles. The second-order valence-corrected chi connectivity index (χ2v) is 4.72. The van der Waals surface area contributed by atoms with Crippen LogP contribution in [0.25, 0.3) is 0 Å². The monoisotopic (exact) mass is 318 g/mol. The topological polar surface area (TPSA) is 61.7 Å². The number of hydrazone groups is 1. The first-order chi connectivity index (χ1) is 9.15. The lowest BCUT2D eigenvalue weighted by atomic mass is 10.2. The van der Waals surface area contributed by atoms with Gasteiger partial charge in [0.05, 0.1) is 6.21 Å². The summed E-state index contributed by atoms with van der Waals surface area (Å²) in [6.45, 7) is 0. The molecule has 0 spiro atoms. The highest BCUT2D eigenvalue weighted by Gasteiger charge is 2.02. The summed E-state index contributed by atoms with van der Waals surface area (Å²) in [5, 5.41) is 13.1. The maximum absolute atomic E-state index is 11.7. The molecule has 0 saturated carbocycles. The van der Waals surface area contributed by atoms with E-state index >= 15 is 0 Å². The molecule has 0 saturated heterocycles. The Morgan fingerprint density at radius 1 is 1.21 bits per heavy atom. The summed E-state index contributed by atoms with van der Waals surface area (Å²) in [5.74, 6) is -0.132. The van der Waals surface area contributed by atoms with Crippen molar-refractivity contribution in [1.82, 2.24) is 5.43 Å². The molecule has 0 unspecified atom stereocenters. The summed E-state index contributed by atoms with van der Waals surface area (Å²) in [4.78, 5) is 11.7. The van der Waals surface area contributed by atoms with Gasteiger partial charge < -0.3 is 5.11 Å². The van der Waals surface area contributed by atoms with Crippen LogP contribution >= 0.6 is 15.9 Å². The second kappa shape index (κ2) is 6.15. The third-order valence-corrected chi connectivity index (χ3v) is 2.89. The number of phenols is 1. The van der Waals surface area contributed by atoms with Gasteiger partial charge in [-0.3, -0.25) is 4.79 Å². The van der Waals surface area contributed by atoms with Crippen LogP contribution in [0.4, 0.5) is 0 Å². The number of carbonyl (C=O) groups excluding carboxylic acids is 1. The fourth-order valence-corrected chi connectivity index (χ4v) is 1.70. The molecule has 2 rings (SSSR count). The Morgan fingerprint density at radius 3 is 2.63 bits per heavy atom. The van der Waals surface area contributed by atoms with Gasteiger partial charge in [0.2, 0.25) is 0 Å². The largest absolute Gasteiger partial charge is 0.508 e. The number of nitrogens with one attached hydrogen (secondary N) is 1. The predicted molar refractivity (Wildman–Crippen MR) is 77.3 cm³/mol. The number of rotatable bonds is 3. The number of hydrogen-bond donors (Lipinski definition) is 2. The molecule has 0 aliphatic rings. The van der Waals surface area contributed by atoms with Gasteiger partial charge in [0.1, 0.15) is 5.75 Å². The fraction of sp³-hybridized carbons (Fsp3) is 0. The van der Waals surface area contributed by atoms with E-state index in [2.05, 4.69) is 26.5 Å². The molecule has 0 fully saturated rings. The normalized spacial score (nSPS) is 10.6. The van der Waals surface area contributed by atoms with Crippen molar-refractivity contribution in [3.05, 3.63) is 64.1 Å². The highest BCUT2D eigenvalue weighted by atomic mass is 79.9. The first-order valence-electron chi connectivity index (χ1n) is 5.53. The molecule has 2 aromatic carbocycles. The molecular formula is C14H11BrN2O2. The van der Waals surface area contributed by atoms with Crippen LogP contribution in [0.1, 0.15) is 15.9 Å². The molecule has 4 nitrogen and oxygen atoms in total. The Morgan fingerprint density at radius 2 is 1.95 bits per heavy atom. The van der Waals surface area contributed by atoms with Crippen LogP contribution in [-0.2, 0) is 0 Å². The van der Waals surface area contributed by atoms with Crippen molar-refractivity contribution in [2.75, 3.05) is 0 Å². The minimum Gasteiger partial charge on any atom is -0.508 e. The number of nitrogens with zero attached hydrogens (tertiary/aromatic N) is 1. The van der Waals surface area contributed by atoms with Gasteiger partial charge in [-0.15, -0.1) is 0 Å². The average Bonchev–Trinajstić information content (AvgIpc) is 2.39. The molecule has 0 aliphatic carbocycles. The van der Waals surface area contributed by atoms with Crippen molar-refractivity contribution in [2.45, 2.75) is 0 Å². The molecule has 0 aromatic heterocycles. The van der Waals surface area contributed by atoms with E-state index < -0.39 is 0 Å². The van der Waals surface area contributed by atoms with Gasteiger partial charge in [-0.25, -0.2) is 5.43 Å². The number of amides is 1. The van der Waals surface area contributed by atoms with Crippen molar-refractivity contribution >= 4 is 28.1 Å². The number of aromatic hydroxyl groups is 1. The van der Waals surface area contributed by atoms with Gasteiger partial charge in [0.15, 0.2) is 0 Å². The van der Waals surface area contributed by atoms with Crippen LogP contribution in [-0.4, -0.2) is 17.2 Å². The van der Waals surface area contributed by atoms with Gasteiger partial charge in [-0.1, -0.05) is 28.1 Å². The van der Waals surface area contributed by atoms with Crippen LogP contribution in [0, 0.1) is 0 Å². The van der Waals surface area contributed by atoms with Gasteiger partial charge in [0.25, 0.3) is 5.91 Å². The number of benzene rings is 2. The minimum atomic E-state index is -0.288. The molecule has 96 valence electrons. The number of carbonyl (C=O) groups is 1. The number of hydrogen-bond acceptors (Lipinski definition) is 3. The van der Waals surface area contributed by atoms with Crippen molar-refractivity contribution in [3.63, 3.8) is 0 Å². The second-order valence-electron chi connectivity index (χ2n) is 3.80. The Balaban J connectivity index is 1.98. The van der Waals surface area contributed by atoms with Gasteiger partial charge in [-0.05, 0) is 42.0 Å². The summed E-state index contributed by atoms with van der Waals surface area (Å²) in [5.41, 5.74) is 3.65. The summed E-state index contributed by atoms with van der Waals surface area (Å²) in [7, 11) is 0. The van der Waals surface area contributed by atoms with Crippen LogP contribution in [0.15, 0.2) is 58.1 Å². The van der Waals surface area contributed by atoms with Crippen molar-refractivity contribution in [3.8, 4) is 5.75 Å². The summed E-state index contributed by atoms with van der Waals surface area (Å²) < 4.78 is 0.910. The molecule has 1 amide bonds.